The summed E-state index contributed by atoms with van der Waals surface area (Å²) in [4.78, 5) is 13.9. The molecule has 0 bridgehead atoms. The molecule has 0 radical (unpaired) electrons. The van der Waals surface area contributed by atoms with Crippen molar-refractivity contribution in [2.24, 2.45) is 5.92 Å². The number of aryl methyl sites for hydroxylation is 2. The summed E-state index contributed by atoms with van der Waals surface area (Å²) in [7, 11) is 0. The lowest BCUT2D eigenvalue weighted by Crippen LogP contribution is -2.47. The van der Waals surface area contributed by atoms with Crippen LogP contribution in [0.3, 0.4) is 0 Å². The van der Waals surface area contributed by atoms with E-state index in [1.165, 1.54) is 19.1 Å². The van der Waals surface area contributed by atoms with Gasteiger partial charge in [0.1, 0.15) is 0 Å². The van der Waals surface area contributed by atoms with E-state index < -0.39 is 17.7 Å². The Hall–Kier alpha value is -3.16. The molecule has 8 heteroatoms. The zero-order valence-corrected chi connectivity index (χ0v) is 23.8. The van der Waals surface area contributed by atoms with Gasteiger partial charge in [-0.15, -0.1) is 12.4 Å². The van der Waals surface area contributed by atoms with E-state index in [-0.39, 0.29) is 35.8 Å². The van der Waals surface area contributed by atoms with Gasteiger partial charge in [0.25, 0.3) is 0 Å². The van der Waals surface area contributed by atoms with Gasteiger partial charge >= 0.3 is 12.1 Å². The van der Waals surface area contributed by atoms with E-state index in [0.29, 0.717) is 37.2 Å². The normalized spacial score (nSPS) is 16.0. The summed E-state index contributed by atoms with van der Waals surface area (Å²) in [6.07, 6.45) is -1.42. The Bertz CT molecular complexity index is 1430. The van der Waals surface area contributed by atoms with Gasteiger partial charge in [-0.25, -0.2) is 4.79 Å². The van der Waals surface area contributed by atoms with Gasteiger partial charge in [-0.05, 0) is 102 Å². The van der Waals surface area contributed by atoms with Crippen molar-refractivity contribution in [3.8, 4) is 0 Å². The van der Waals surface area contributed by atoms with Crippen molar-refractivity contribution in [2.45, 2.75) is 45.2 Å². The molecule has 1 aliphatic heterocycles. The second-order valence-corrected chi connectivity index (χ2v) is 10.9. The lowest BCUT2D eigenvalue weighted by molar-refractivity contribution is -0.138. The highest BCUT2D eigenvalue weighted by atomic mass is 35.5. The molecule has 0 saturated carbocycles. The molecule has 1 aliphatic carbocycles. The molecule has 5 rings (SSSR count). The zero-order valence-electron chi connectivity index (χ0n) is 22.9. The third kappa shape index (κ3) is 6.68. The maximum Gasteiger partial charge on any atom is 0.417 e. The quantitative estimate of drug-likeness (QED) is 0.270. The van der Waals surface area contributed by atoms with Gasteiger partial charge in [-0.1, -0.05) is 48.5 Å². The number of likely N-dealkylation sites (tertiary alicyclic amines) is 1. The fraction of sp³-hybridized carbons (Fsp3) is 0.364. The number of benzene rings is 3. The Balaban J connectivity index is 0.00000387. The Morgan fingerprint density at radius 2 is 1.73 bits per heavy atom. The summed E-state index contributed by atoms with van der Waals surface area (Å²) in [6.45, 7) is 3.87. The van der Waals surface area contributed by atoms with Crippen LogP contribution in [0, 0.1) is 12.8 Å². The molecule has 0 atom stereocenters. The van der Waals surface area contributed by atoms with Gasteiger partial charge in [-0.3, -0.25) is 4.39 Å². The average Bonchev–Trinajstić information content (AvgIpc) is 3.08. The van der Waals surface area contributed by atoms with Crippen LogP contribution in [-0.2, 0) is 19.0 Å². The summed E-state index contributed by atoms with van der Waals surface area (Å²) in [5.41, 5.74) is 4.86. The number of allylic oxidation sites excluding steroid dienone is 1. The van der Waals surface area contributed by atoms with Crippen LogP contribution in [0.5, 0.6) is 0 Å². The summed E-state index contributed by atoms with van der Waals surface area (Å²) in [5.74, 6) is -0.519. The second-order valence-electron chi connectivity index (χ2n) is 10.9. The lowest BCUT2D eigenvalue weighted by atomic mass is 9.84. The fourth-order valence-electron chi connectivity index (χ4n) is 6.23. The number of aromatic carboxylic acids is 1. The molecule has 0 aromatic heterocycles. The Morgan fingerprint density at radius 1 is 1.00 bits per heavy atom. The van der Waals surface area contributed by atoms with Crippen LogP contribution in [-0.4, -0.2) is 42.3 Å². The number of rotatable bonds is 8. The van der Waals surface area contributed by atoms with Crippen molar-refractivity contribution in [2.75, 3.05) is 26.3 Å². The Kier molecular flexibility index (Phi) is 9.60. The molecule has 1 heterocycles. The number of halogens is 5. The van der Waals surface area contributed by atoms with Crippen LogP contribution in [0.1, 0.15) is 68.6 Å². The van der Waals surface area contributed by atoms with Crippen molar-refractivity contribution in [1.29, 1.82) is 0 Å². The Morgan fingerprint density at radius 3 is 2.39 bits per heavy atom. The topological polar surface area (TPSA) is 40.5 Å². The summed E-state index contributed by atoms with van der Waals surface area (Å²) < 4.78 is 55.4. The lowest BCUT2D eigenvalue weighted by Gasteiger charge is -2.39. The smallest absolute Gasteiger partial charge is 0.417 e. The fourth-order valence-corrected chi connectivity index (χ4v) is 6.23. The molecular formula is C33H34ClF4NO2. The molecule has 41 heavy (non-hydrogen) atoms. The van der Waals surface area contributed by atoms with E-state index in [0.717, 1.165) is 53.9 Å². The summed E-state index contributed by atoms with van der Waals surface area (Å²) >= 11 is 0. The molecular weight excluding hydrogens is 554 g/mol. The molecule has 0 amide bonds. The van der Waals surface area contributed by atoms with Crippen molar-refractivity contribution >= 4 is 29.5 Å². The van der Waals surface area contributed by atoms with Crippen molar-refractivity contribution in [3.05, 3.63) is 105 Å². The van der Waals surface area contributed by atoms with Gasteiger partial charge in [0.05, 0.1) is 17.8 Å². The highest BCUT2D eigenvalue weighted by molar-refractivity contribution is 6.01. The standard InChI is InChI=1S/C33H33F4NO2.ClH/c1-21-5-2-8-29(31(21)33(35,36)37)28-7-3-6-25-18-26(32(39)40)13-14-27(25)30(28)24-11-9-22(10-12-24)17-23-19-38(20-23)16-4-15-34;/h2,5,8-14,18,23H,3-4,6-7,15-17,19-20H2,1H3,(H,39,40);1H. The number of carbonyl (C=O) groups is 1. The third-order valence-corrected chi connectivity index (χ3v) is 8.09. The van der Waals surface area contributed by atoms with E-state index in [2.05, 4.69) is 4.90 Å². The molecule has 0 unspecified atom stereocenters. The number of fused-ring (bicyclic) bond motifs is 1. The molecule has 3 aromatic rings. The maximum absolute atomic E-state index is 14.3. The van der Waals surface area contributed by atoms with Crippen LogP contribution in [0.2, 0.25) is 0 Å². The van der Waals surface area contributed by atoms with Crippen molar-refractivity contribution in [1.82, 2.24) is 4.90 Å². The van der Waals surface area contributed by atoms with Crippen LogP contribution in [0.4, 0.5) is 17.6 Å². The van der Waals surface area contributed by atoms with E-state index in [1.54, 1.807) is 24.3 Å². The minimum absolute atomic E-state index is 0. The number of hydrogen-bond acceptors (Lipinski definition) is 2. The highest BCUT2D eigenvalue weighted by Crippen LogP contribution is 2.45. The number of nitrogens with zero attached hydrogens (tertiary/aromatic N) is 1. The van der Waals surface area contributed by atoms with Crippen LogP contribution >= 0.6 is 12.4 Å². The maximum atomic E-state index is 14.3. The first kappa shape index (κ1) is 30.8. The van der Waals surface area contributed by atoms with E-state index in [4.69, 9.17) is 0 Å². The monoisotopic (exact) mass is 587 g/mol. The first-order valence-electron chi connectivity index (χ1n) is 13.8. The largest absolute Gasteiger partial charge is 0.478 e. The van der Waals surface area contributed by atoms with Gasteiger partial charge in [-0.2, -0.15) is 13.2 Å². The minimum Gasteiger partial charge on any atom is -0.478 e. The molecule has 218 valence electrons. The number of carboxylic acid groups (broad SMARTS) is 1. The third-order valence-electron chi connectivity index (χ3n) is 8.09. The van der Waals surface area contributed by atoms with Crippen molar-refractivity contribution in [3.63, 3.8) is 0 Å². The molecule has 2 aliphatic rings. The van der Waals surface area contributed by atoms with E-state index in [9.17, 15) is 27.5 Å². The van der Waals surface area contributed by atoms with Gasteiger partial charge in [0, 0.05) is 19.6 Å². The molecule has 1 saturated heterocycles. The summed E-state index contributed by atoms with van der Waals surface area (Å²) in [5, 5.41) is 9.56. The molecule has 0 spiro atoms. The zero-order chi connectivity index (χ0) is 28.4. The number of carboxylic acids is 1. The molecule has 1 fully saturated rings. The van der Waals surface area contributed by atoms with Crippen molar-refractivity contribution < 1.29 is 27.5 Å². The van der Waals surface area contributed by atoms with Gasteiger partial charge in [0.15, 0.2) is 0 Å². The minimum atomic E-state index is -4.51. The van der Waals surface area contributed by atoms with Crippen LogP contribution < -0.4 is 0 Å². The first-order valence-corrected chi connectivity index (χ1v) is 13.8. The number of alkyl halides is 4. The SMILES string of the molecule is Cc1cccc(C2=C(c3ccc(CC4CN(CCCF)C4)cc3)c3ccc(C(=O)O)cc3CCC2)c1C(F)(F)F.Cl. The average molecular weight is 588 g/mol. The van der Waals surface area contributed by atoms with Gasteiger partial charge in [0.2, 0.25) is 0 Å². The van der Waals surface area contributed by atoms with Crippen LogP contribution in [0.25, 0.3) is 11.1 Å². The molecule has 1 N–H and O–H groups in total. The number of hydrogen-bond donors (Lipinski definition) is 1. The van der Waals surface area contributed by atoms with Gasteiger partial charge < -0.3 is 10.0 Å². The first-order chi connectivity index (χ1) is 19.2. The van der Waals surface area contributed by atoms with Crippen LogP contribution in [0.15, 0.2) is 60.7 Å². The predicted octanol–water partition coefficient (Wildman–Crippen LogP) is 8.26. The second kappa shape index (κ2) is 12.8. The highest BCUT2D eigenvalue weighted by Gasteiger charge is 2.37. The molecule has 3 aromatic carbocycles. The van der Waals surface area contributed by atoms with E-state index in [1.807, 2.05) is 24.3 Å². The predicted molar refractivity (Wildman–Crippen MR) is 156 cm³/mol. The summed E-state index contributed by atoms with van der Waals surface area (Å²) in [6, 6.07) is 17.7. The van der Waals surface area contributed by atoms with E-state index >= 15 is 0 Å². The molecule has 3 nitrogen and oxygen atoms in total. The Labute approximate surface area is 244 Å².